The Bertz CT molecular complexity index is 747. The Morgan fingerprint density at radius 3 is 1.85 bits per heavy atom. The van der Waals surface area contributed by atoms with Crippen molar-refractivity contribution >= 4 is 26.3 Å². The van der Waals surface area contributed by atoms with Crippen molar-refractivity contribution in [2.45, 2.75) is 117 Å². The van der Waals surface area contributed by atoms with Gasteiger partial charge in [0.15, 0.2) is 14.4 Å². The third-order valence-corrected chi connectivity index (χ3v) is 9.92. The number of esters is 2. The highest BCUT2D eigenvalue weighted by Gasteiger charge is 2.44. The first-order chi connectivity index (χ1) is 15.3. The van der Waals surface area contributed by atoms with Gasteiger partial charge < -0.3 is 24.0 Å². The summed E-state index contributed by atoms with van der Waals surface area (Å²) < 4.78 is 23.2. The lowest BCUT2D eigenvalue weighted by Crippen LogP contribution is -2.59. The van der Waals surface area contributed by atoms with E-state index in [2.05, 4.69) is 39.2 Å². The number of nitrogens with one attached hydrogen (secondary N) is 1. The summed E-state index contributed by atoms with van der Waals surface area (Å²) in [5, 5.41) is 2.66. The van der Waals surface area contributed by atoms with Crippen molar-refractivity contribution in [1.82, 2.24) is 5.32 Å². The zero-order valence-corrected chi connectivity index (χ0v) is 24.0. The third kappa shape index (κ3) is 11.8. The van der Waals surface area contributed by atoms with Gasteiger partial charge in [-0.15, -0.1) is 0 Å². The van der Waals surface area contributed by atoms with E-state index in [4.69, 9.17) is 18.6 Å². The lowest BCUT2D eigenvalue weighted by Gasteiger charge is -2.42. The largest absolute Gasteiger partial charge is 0.457 e. The molecule has 4 atom stereocenters. The summed E-state index contributed by atoms with van der Waals surface area (Å²) in [6.45, 7) is 21.9. The molecule has 9 heteroatoms. The van der Waals surface area contributed by atoms with Gasteiger partial charge in [0, 0.05) is 13.8 Å². The summed E-state index contributed by atoms with van der Waals surface area (Å²) in [5.74, 6) is -1.10. The van der Waals surface area contributed by atoms with Gasteiger partial charge in [0.25, 0.3) is 0 Å². The second-order valence-corrected chi connectivity index (χ2v) is 15.6. The van der Waals surface area contributed by atoms with Crippen molar-refractivity contribution in [3.63, 3.8) is 0 Å². The quantitative estimate of drug-likeness (QED) is 0.189. The van der Waals surface area contributed by atoms with Gasteiger partial charge in [0.05, 0.1) is 6.10 Å². The second-order valence-electron chi connectivity index (χ2n) is 10.8. The molecule has 0 aromatic heterocycles. The monoisotopic (exact) mass is 499 g/mol. The predicted octanol–water partition coefficient (Wildman–Crippen LogP) is 5.29. The van der Waals surface area contributed by atoms with Gasteiger partial charge in [0.1, 0.15) is 17.7 Å². The van der Waals surface area contributed by atoms with E-state index >= 15 is 0 Å². The minimum Gasteiger partial charge on any atom is -0.457 e. The van der Waals surface area contributed by atoms with Crippen LogP contribution in [0.4, 0.5) is 4.79 Å². The van der Waals surface area contributed by atoms with Crippen LogP contribution in [0.1, 0.15) is 69.2 Å². The van der Waals surface area contributed by atoms with Crippen LogP contribution < -0.4 is 5.32 Å². The van der Waals surface area contributed by atoms with Crippen LogP contribution in [0.5, 0.6) is 0 Å². The van der Waals surface area contributed by atoms with Crippen molar-refractivity contribution in [2.75, 3.05) is 0 Å². The van der Waals surface area contributed by atoms with Gasteiger partial charge in [-0.1, -0.05) is 39.0 Å². The highest BCUT2D eigenvalue weighted by Crippen LogP contribution is 2.38. The molecule has 0 saturated carbocycles. The lowest BCUT2D eigenvalue weighted by atomic mass is 9.99. The van der Waals surface area contributed by atoms with E-state index in [1.165, 1.54) is 13.8 Å². The van der Waals surface area contributed by atoms with Crippen LogP contribution in [0.15, 0.2) is 24.3 Å². The van der Waals surface area contributed by atoms with Crippen molar-refractivity contribution in [2.24, 2.45) is 0 Å². The molecule has 0 radical (unpaired) electrons. The minimum atomic E-state index is -2.28. The average molecular weight is 500 g/mol. The zero-order valence-electron chi connectivity index (χ0n) is 23.0. The van der Waals surface area contributed by atoms with Gasteiger partial charge in [-0.25, -0.2) is 4.79 Å². The summed E-state index contributed by atoms with van der Waals surface area (Å²) in [7, 11) is -2.28. The summed E-state index contributed by atoms with van der Waals surface area (Å²) in [4.78, 5) is 36.8. The fourth-order valence-corrected chi connectivity index (χ4v) is 4.28. The van der Waals surface area contributed by atoms with Gasteiger partial charge in [-0.2, -0.15) is 0 Å². The molecule has 8 nitrogen and oxygen atoms in total. The number of alkyl carbamates (subject to hydrolysis) is 1. The number of hydrogen-bond donors (Lipinski definition) is 1. The van der Waals surface area contributed by atoms with Gasteiger partial charge in [0.2, 0.25) is 0 Å². The molecular formula is C25H45NO7Si. The normalized spacial score (nSPS) is 16.6. The Kier molecular flexibility index (Phi) is 12.3. The SMILES string of the molecule is C/C=C\C=C\[C@@H](OC(C)=O)[C@H](NC(=O)OC(C)(C)C)[C@H](OC(C)=O)[C@@H](C)O[Si](C)(C)C(C)(C)C. The first-order valence-electron chi connectivity index (χ1n) is 11.6. The average Bonchev–Trinajstić information content (AvgIpc) is 2.60. The van der Waals surface area contributed by atoms with Crippen LogP contribution in [0.3, 0.4) is 0 Å². The molecule has 0 aliphatic carbocycles. The number of amides is 1. The molecule has 34 heavy (non-hydrogen) atoms. The number of carbonyl (C=O) groups excluding carboxylic acids is 3. The van der Waals surface area contributed by atoms with Crippen LogP contribution in [0.2, 0.25) is 18.1 Å². The van der Waals surface area contributed by atoms with E-state index in [1.54, 1.807) is 45.9 Å². The molecule has 0 aromatic rings. The number of allylic oxidation sites excluding steroid dienone is 3. The molecule has 196 valence electrons. The highest BCUT2D eigenvalue weighted by atomic mass is 28.4. The molecule has 0 aliphatic rings. The van der Waals surface area contributed by atoms with E-state index in [-0.39, 0.29) is 5.04 Å². The van der Waals surface area contributed by atoms with E-state index in [0.29, 0.717) is 0 Å². The number of carbonyl (C=O) groups is 3. The third-order valence-electron chi connectivity index (χ3n) is 5.35. The van der Waals surface area contributed by atoms with E-state index in [0.717, 1.165) is 0 Å². The molecule has 0 aliphatic heterocycles. The summed E-state index contributed by atoms with van der Waals surface area (Å²) in [6.07, 6.45) is 3.64. The topological polar surface area (TPSA) is 100 Å². The summed E-state index contributed by atoms with van der Waals surface area (Å²) >= 11 is 0. The fraction of sp³-hybridized carbons (Fsp3) is 0.720. The van der Waals surface area contributed by atoms with Gasteiger partial charge in [-0.3, -0.25) is 9.59 Å². The number of rotatable bonds is 10. The Balaban J connectivity index is 6.47. The van der Waals surface area contributed by atoms with Crippen molar-refractivity contribution in [1.29, 1.82) is 0 Å². The van der Waals surface area contributed by atoms with Crippen molar-refractivity contribution < 1.29 is 33.0 Å². The smallest absolute Gasteiger partial charge is 0.408 e. The molecule has 0 saturated heterocycles. The van der Waals surface area contributed by atoms with Gasteiger partial charge in [-0.05, 0) is 58.8 Å². The minimum absolute atomic E-state index is 0.1000. The van der Waals surface area contributed by atoms with Gasteiger partial charge >= 0.3 is 18.0 Å². The molecule has 0 bridgehead atoms. The lowest BCUT2D eigenvalue weighted by molar-refractivity contribution is -0.159. The summed E-state index contributed by atoms with van der Waals surface area (Å²) in [5.41, 5.74) is -0.757. The predicted molar refractivity (Wildman–Crippen MR) is 136 cm³/mol. The molecule has 0 aromatic carbocycles. The Morgan fingerprint density at radius 2 is 1.44 bits per heavy atom. The first kappa shape index (κ1) is 31.9. The van der Waals surface area contributed by atoms with E-state index in [9.17, 15) is 14.4 Å². The molecule has 0 spiro atoms. The maximum atomic E-state index is 12.8. The molecule has 0 rings (SSSR count). The molecule has 1 N–H and O–H groups in total. The van der Waals surface area contributed by atoms with Crippen molar-refractivity contribution in [3.05, 3.63) is 24.3 Å². The van der Waals surface area contributed by atoms with Crippen molar-refractivity contribution in [3.8, 4) is 0 Å². The highest BCUT2D eigenvalue weighted by molar-refractivity contribution is 6.74. The molecule has 0 fully saturated rings. The van der Waals surface area contributed by atoms with Crippen LogP contribution in [0, 0.1) is 0 Å². The van der Waals surface area contributed by atoms with Crippen LogP contribution in [0.25, 0.3) is 0 Å². The number of hydrogen-bond acceptors (Lipinski definition) is 7. The molecular weight excluding hydrogens is 454 g/mol. The first-order valence-corrected chi connectivity index (χ1v) is 14.5. The summed E-state index contributed by atoms with van der Waals surface area (Å²) in [6, 6.07) is -0.969. The van der Waals surface area contributed by atoms with Crippen LogP contribution in [-0.4, -0.2) is 56.3 Å². The van der Waals surface area contributed by atoms with Crippen LogP contribution >= 0.6 is 0 Å². The second kappa shape index (κ2) is 13.1. The Labute approximate surface area is 206 Å². The Morgan fingerprint density at radius 1 is 0.912 bits per heavy atom. The van der Waals surface area contributed by atoms with Crippen LogP contribution in [-0.2, 0) is 28.2 Å². The maximum Gasteiger partial charge on any atom is 0.408 e. The maximum absolute atomic E-state index is 12.8. The zero-order chi connectivity index (χ0) is 26.9. The standard InChI is InChI=1S/C25H45NO7Si/c1-13-14-15-16-20(30-18(3)27)21(26-23(29)32-24(5,6)7)22(31-19(4)28)17(2)33-34(11,12)25(8,9)10/h13-17,20-22H,1-12H3,(H,26,29)/b14-13-,16-15+/t17-,20-,21+,22-/m1/s1. The van der Waals surface area contributed by atoms with E-state index in [1.807, 2.05) is 13.0 Å². The Hall–Kier alpha value is -2.13. The van der Waals surface area contributed by atoms with E-state index < -0.39 is 56.3 Å². The molecule has 0 unspecified atom stereocenters. The molecule has 0 heterocycles. The fourth-order valence-electron chi connectivity index (χ4n) is 2.86. The number of ether oxygens (including phenoxy) is 3. The molecule has 1 amide bonds.